The number of carbonyl (C=O) groups is 2. The lowest BCUT2D eigenvalue weighted by Gasteiger charge is -2.31. The van der Waals surface area contributed by atoms with Gasteiger partial charge in [0.25, 0.3) is 0 Å². The first-order valence-corrected chi connectivity index (χ1v) is 6.88. The molecule has 0 aromatic rings. The van der Waals surface area contributed by atoms with E-state index in [1.165, 1.54) is 0 Å². The maximum Gasteiger partial charge on any atom is 0.408 e. The number of nitrogens with one attached hydrogen (secondary N) is 1. The molecule has 0 aliphatic carbocycles. The fraction of sp³-hybridized carbons (Fsp3) is 0.846. The van der Waals surface area contributed by atoms with Gasteiger partial charge in [0.2, 0.25) is 0 Å². The Morgan fingerprint density at radius 3 is 1.95 bits per heavy atom. The van der Waals surface area contributed by atoms with E-state index < -0.39 is 47.4 Å². The highest BCUT2D eigenvalue weighted by molar-refractivity contribution is 6.28. The number of hydrogen-bond acceptors (Lipinski definition) is 3. The van der Waals surface area contributed by atoms with Crippen LogP contribution in [0.5, 0.6) is 0 Å². The van der Waals surface area contributed by atoms with E-state index in [1.807, 2.05) is 0 Å². The summed E-state index contributed by atoms with van der Waals surface area (Å²) in [6, 6.07) is -1.35. The van der Waals surface area contributed by atoms with Crippen molar-refractivity contribution < 1.29 is 27.5 Å². The molecule has 21 heavy (non-hydrogen) atoms. The first kappa shape index (κ1) is 20.0. The van der Waals surface area contributed by atoms with Crippen LogP contribution in [0, 0.1) is 5.41 Å². The molecule has 1 amide bonds. The third kappa shape index (κ3) is 7.02. The minimum absolute atomic E-state index is 0.492. The van der Waals surface area contributed by atoms with Crippen LogP contribution in [0.3, 0.4) is 0 Å². The van der Waals surface area contributed by atoms with Crippen molar-refractivity contribution >= 4 is 23.5 Å². The molecule has 0 aliphatic heterocycles. The number of alkyl halides is 4. The predicted octanol–water partition coefficient (Wildman–Crippen LogP) is 3.67. The molecular formula is C13H21ClF3NO3. The van der Waals surface area contributed by atoms with Gasteiger partial charge in [0.1, 0.15) is 5.60 Å². The van der Waals surface area contributed by atoms with Crippen LogP contribution in [0.25, 0.3) is 0 Å². The van der Waals surface area contributed by atoms with Crippen molar-refractivity contribution in [2.24, 2.45) is 5.41 Å². The number of Topliss-reactive ketones (excluding diaryl/α,β-unsaturated/α-hetero) is 1. The van der Waals surface area contributed by atoms with E-state index in [4.69, 9.17) is 16.3 Å². The third-order valence-corrected chi connectivity index (χ3v) is 2.96. The molecule has 1 atom stereocenters. The molecule has 0 spiro atoms. The summed E-state index contributed by atoms with van der Waals surface area (Å²) in [5, 5.41) is 2.16. The summed E-state index contributed by atoms with van der Waals surface area (Å²) in [5.74, 6) is -1.19. The zero-order valence-electron chi connectivity index (χ0n) is 12.7. The highest BCUT2D eigenvalue weighted by atomic mass is 35.5. The number of ether oxygens (including phenoxy) is 1. The lowest BCUT2D eigenvalue weighted by Crippen LogP contribution is -2.48. The number of carbonyl (C=O) groups excluding carboxylic acids is 2. The van der Waals surface area contributed by atoms with E-state index in [2.05, 4.69) is 5.32 Å². The van der Waals surface area contributed by atoms with Gasteiger partial charge < -0.3 is 10.1 Å². The second kappa shape index (κ2) is 6.85. The number of hydrogen-bond donors (Lipinski definition) is 1. The van der Waals surface area contributed by atoms with Crippen LogP contribution in [0.1, 0.15) is 41.0 Å². The average molecular weight is 332 g/mol. The van der Waals surface area contributed by atoms with E-state index >= 15 is 0 Å². The van der Waals surface area contributed by atoms with Crippen LogP contribution in [-0.4, -0.2) is 35.6 Å². The van der Waals surface area contributed by atoms with Gasteiger partial charge in [-0.25, -0.2) is 4.79 Å². The fourth-order valence-corrected chi connectivity index (χ4v) is 1.60. The van der Waals surface area contributed by atoms with Crippen molar-refractivity contribution in [2.75, 3.05) is 5.88 Å². The lowest BCUT2D eigenvalue weighted by molar-refractivity contribution is -0.215. The fourth-order valence-electron chi connectivity index (χ4n) is 1.41. The molecule has 0 rings (SSSR count). The van der Waals surface area contributed by atoms with Crippen molar-refractivity contribution in [3.8, 4) is 0 Å². The molecule has 0 bridgehead atoms. The van der Waals surface area contributed by atoms with Gasteiger partial charge >= 0.3 is 12.3 Å². The van der Waals surface area contributed by atoms with E-state index in [1.54, 1.807) is 20.8 Å². The number of alkyl carbamates (subject to hydrolysis) is 1. The molecule has 0 saturated heterocycles. The summed E-state index contributed by atoms with van der Waals surface area (Å²) in [4.78, 5) is 23.3. The highest BCUT2D eigenvalue weighted by Crippen LogP contribution is 2.41. The summed E-state index contributed by atoms with van der Waals surface area (Å²) in [5.41, 5.74) is -2.97. The van der Waals surface area contributed by atoms with E-state index in [0.717, 1.165) is 13.8 Å². The molecule has 0 aromatic heterocycles. The van der Waals surface area contributed by atoms with Crippen LogP contribution in [0.4, 0.5) is 18.0 Å². The zero-order valence-corrected chi connectivity index (χ0v) is 13.5. The zero-order chi connectivity index (χ0) is 17.1. The summed E-state index contributed by atoms with van der Waals surface area (Å²) in [7, 11) is 0. The Balaban J connectivity index is 5.00. The van der Waals surface area contributed by atoms with Gasteiger partial charge in [-0.2, -0.15) is 13.2 Å². The Morgan fingerprint density at radius 2 is 1.62 bits per heavy atom. The molecule has 0 radical (unpaired) electrons. The van der Waals surface area contributed by atoms with Crippen LogP contribution in [0.15, 0.2) is 0 Å². The Hall–Kier alpha value is -0.980. The topological polar surface area (TPSA) is 55.4 Å². The van der Waals surface area contributed by atoms with Crippen molar-refractivity contribution in [1.82, 2.24) is 5.32 Å². The standard InChI is InChI=1S/C13H21ClF3NO3/c1-11(2,3)21-10(20)18-8(9(19)7-14)6-12(4,5)13(15,16)17/h8H,6-7H2,1-5H3,(H,18,20)/t8-/m0/s1. The smallest absolute Gasteiger partial charge is 0.408 e. The van der Waals surface area contributed by atoms with Gasteiger partial charge in [-0.05, 0) is 27.2 Å². The second-order valence-corrected chi connectivity index (χ2v) is 6.65. The first-order valence-electron chi connectivity index (χ1n) is 6.34. The molecule has 124 valence electrons. The molecule has 8 heteroatoms. The summed E-state index contributed by atoms with van der Waals surface area (Å²) in [6.45, 7) is 6.72. The third-order valence-electron chi connectivity index (χ3n) is 2.69. The quantitative estimate of drug-likeness (QED) is 0.782. The van der Waals surface area contributed by atoms with Crippen molar-refractivity contribution in [2.45, 2.75) is 58.9 Å². The average Bonchev–Trinajstić information content (AvgIpc) is 2.22. The van der Waals surface area contributed by atoms with Crippen LogP contribution < -0.4 is 5.32 Å². The number of rotatable bonds is 5. The molecule has 0 aliphatic rings. The molecular weight excluding hydrogens is 311 g/mol. The molecule has 0 unspecified atom stereocenters. The van der Waals surface area contributed by atoms with E-state index in [-0.39, 0.29) is 0 Å². The van der Waals surface area contributed by atoms with Gasteiger partial charge in [0, 0.05) is 0 Å². The number of ketones is 1. The summed E-state index contributed by atoms with van der Waals surface area (Å²) < 4.78 is 43.6. The largest absolute Gasteiger partial charge is 0.444 e. The van der Waals surface area contributed by atoms with Gasteiger partial charge in [0.15, 0.2) is 5.78 Å². The van der Waals surface area contributed by atoms with Gasteiger partial charge in [-0.3, -0.25) is 4.79 Å². The van der Waals surface area contributed by atoms with Crippen LogP contribution in [-0.2, 0) is 9.53 Å². The van der Waals surface area contributed by atoms with Crippen LogP contribution in [0.2, 0.25) is 0 Å². The SMILES string of the molecule is CC(C)(C)OC(=O)N[C@@H](CC(C)(C)C(F)(F)F)C(=O)CCl. The summed E-state index contributed by atoms with van der Waals surface area (Å²) >= 11 is 5.38. The number of amides is 1. The summed E-state index contributed by atoms with van der Waals surface area (Å²) in [6.07, 6.45) is -6.07. The van der Waals surface area contributed by atoms with Gasteiger partial charge in [-0.1, -0.05) is 13.8 Å². The molecule has 0 fully saturated rings. The molecule has 1 N–H and O–H groups in total. The highest BCUT2D eigenvalue weighted by Gasteiger charge is 2.49. The Kier molecular flexibility index (Phi) is 6.53. The van der Waals surface area contributed by atoms with Gasteiger partial charge in [0.05, 0.1) is 17.3 Å². The minimum atomic E-state index is -4.51. The van der Waals surface area contributed by atoms with Crippen molar-refractivity contribution in [3.05, 3.63) is 0 Å². The van der Waals surface area contributed by atoms with E-state index in [0.29, 0.717) is 0 Å². The maximum atomic E-state index is 12.9. The normalized spacial score (nSPS) is 14.5. The first-order chi connectivity index (χ1) is 9.19. The second-order valence-electron chi connectivity index (χ2n) is 6.38. The monoisotopic (exact) mass is 331 g/mol. The van der Waals surface area contributed by atoms with Crippen molar-refractivity contribution in [3.63, 3.8) is 0 Å². The van der Waals surface area contributed by atoms with Crippen molar-refractivity contribution in [1.29, 1.82) is 0 Å². The lowest BCUT2D eigenvalue weighted by atomic mass is 9.84. The Labute approximate surface area is 127 Å². The van der Waals surface area contributed by atoms with Gasteiger partial charge in [-0.15, -0.1) is 11.6 Å². The molecule has 0 heterocycles. The molecule has 4 nitrogen and oxygen atoms in total. The molecule has 0 aromatic carbocycles. The van der Waals surface area contributed by atoms with E-state index in [9.17, 15) is 22.8 Å². The maximum absolute atomic E-state index is 12.9. The molecule has 0 saturated carbocycles. The predicted molar refractivity (Wildman–Crippen MR) is 73.3 cm³/mol. The minimum Gasteiger partial charge on any atom is -0.444 e. The Bertz CT molecular complexity index is 389. The van der Waals surface area contributed by atoms with Crippen LogP contribution >= 0.6 is 11.6 Å². The Morgan fingerprint density at radius 1 is 1.14 bits per heavy atom. The number of halogens is 4.